The molecule has 0 N–H and O–H groups in total. The van der Waals surface area contributed by atoms with Gasteiger partial charge in [-0.2, -0.15) is 0 Å². The van der Waals surface area contributed by atoms with Crippen LogP contribution in [0.5, 0.6) is 0 Å². The molecule has 5 nitrogen and oxygen atoms in total. The van der Waals surface area contributed by atoms with E-state index in [0.717, 1.165) is 10.8 Å². The Balaban J connectivity index is 1.31. The first-order chi connectivity index (χ1) is 31.8. The molecule has 5 heteroatoms. The number of para-hydroxylation sites is 2. The van der Waals surface area contributed by atoms with E-state index < -0.39 is 103 Å². The first-order valence-corrected chi connectivity index (χ1v) is 15.2. The Morgan fingerprint density at radius 2 is 0.940 bits per heavy atom. The summed E-state index contributed by atoms with van der Waals surface area (Å²) in [6.07, 6.45) is 0. The summed E-state index contributed by atoms with van der Waals surface area (Å²) >= 11 is 0. The van der Waals surface area contributed by atoms with E-state index in [-0.39, 0.29) is 72.8 Å². The van der Waals surface area contributed by atoms with E-state index in [2.05, 4.69) is 0 Å². The second-order valence-electron chi connectivity index (χ2n) is 11.2. The highest BCUT2D eigenvalue weighted by Gasteiger charge is 2.17. The molecule has 234 valence electrons. The monoisotopic (exact) mass is 658 g/mol. The number of rotatable bonds is 5. The molecule has 0 radical (unpaired) electrons. The highest BCUT2D eigenvalue weighted by atomic mass is 16.3. The highest BCUT2D eigenvalue weighted by Crippen LogP contribution is 2.36. The zero-order chi connectivity index (χ0) is 47.8. The fraction of sp³-hybridized carbons (Fsp3) is 0. The summed E-state index contributed by atoms with van der Waals surface area (Å²) in [4.78, 5) is 14.2. The summed E-state index contributed by atoms with van der Waals surface area (Å²) in [6, 6.07) is 6.12. The van der Waals surface area contributed by atoms with Gasteiger partial charge in [-0.3, -0.25) is 0 Å². The maximum absolute atomic E-state index is 9.40. The largest absolute Gasteiger partial charge is 0.456 e. The quantitative estimate of drug-likeness (QED) is 0.184. The number of aromatic nitrogens is 3. The molecule has 10 rings (SSSR count). The third-order valence-corrected chi connectivity index (χ3v) is 8.15. The zero-order valence-corrected chi connectivity index (χ0v) is 25.4. The maximum atomic E-state index is 9.40. The van der Waals surface area contributed by atoms with Crippen LogP contribution in [0.25, 0.3) is 100 Å². The topological polar surface area (TPSA) is 65.0 Å². The lowest BCUT2D eigenvalue weighted by Crippen LogP contribution is -2.00. The average molecular weight is 659 g/mol. The van der Waals surface area contributed by atoms with Crippen LogP contribution in [0.3, 0.4) is 0 Å². The van der Waals surface area contributed by atoms with Crippen molar-refractivity contribution in [3.63, 3.8) is 0 Å². The zero-order valence-electron chi connectivity index (χ0n) is 42.4. The van der Waals surface area contributed by atoms with Gasteiger partial charge in [0.1, 0.15) is 22.3 Å². The number of hydrogen-bond acceptors (Lipinski definition) is 5. The molecule has 0 spiro atoms. The van der Waals surface area contributed by atoms with E-state index in [1.165, 1.54) is 18.2 Å². The lowest BCUT2D eigenvalue weighted by Gasteiger charge is -2.12. The molecular formula is C45H27N3O2. The number of furan rings is 2. The van der Waals surface area contributed by atoms with E-state index in [1.807, 2.05) is 18.2 Å². The van der Waals surface area contributed by atoms with E-state index in [0.29, 0.717) is 16.7 Å². The fourth-order valence-electron chi connectivity index (χ4n) is 5.85. The minimum absolute atomic E-state index is 0.00143. The predicted octanol–water partition coefficient (Wildman–Crippen LogP) is 12.0. The number of benzene rings is 7. The van der Waals surface area contributed by atoms with Crippen molar-refractivity contribution in [3.8, 4) is 56.4 Å². The SMILES string of the molecule is [2H]c1c([2H])c([2H])c(-c2cc(-c3nc(-c4ccc5c(c4)oc4ccccc45)nc(-c4c([2H])c([2H])c5c(oc6c([2H])c([2H])c([2H])c([2H])c65)c4[2H])n3)cc(-c3c([2H])c([2H])c([2H])c([2H])c3[2H])c2)c([2H])c1[2H]. The van der Waals surface area contributed by atoms with E-state index in [4.69, 9.17) is 44.3 Å². The Morgan fingerprint density at radius 1 is 0.360 bits per heavy atom. The Labute approximate surface area is 311 Å². The van der Waals surface area contributed by atoms with Gasteiger partial charge in [0, 0.05) is 38.2 Å². The summed E-state index contributed by atoms with van der Waals surface area (Å²) in [7, 11) is 0. The summed E-state index contributed by atoms with van der Waals surface area (Å²) in [5, 5.41) is 1.18. The maximum Gasteiger partial charge on any atom is 0.164 e. The van der Waals surface area contributed by atoms with Crippen molar-refractivity contribution in [2.45, 2.75) is 0 Å². The van der Waals surface area contributed by atoms with Crippen molar-refractivity contribution in [3.05, 3.63) is 163 Å². The summed E-state index contributed by atoms with van der Waals surface area (Å²) in [5.74, 6) is -0.676. The normalized spacial score (nSPS) is 16.4. The third-order valence-electron chi connectivity index (χ3n) is 8.15. The lowest BCUT2D eigenvalue weighted by molar-refractivity contribution is 0.668. The second kappa shape index (κ2) is 11.4. The van der Waals surface area contributed by atoms with Gasteiger partial charge in [0.05, 0.1) is 23.3 Å². The molecule has 0 aliphatic rings. The Hall–Kier alpha value is -6.85. The number of fused-ring (bicyclic) bond motifs is 6. The molecule has 0 fully saturated rings. The third kappa shape index (κ3) is 4.83. The second-order valence-corrected chi connectivity index (χ2v) is 11.2. The van der Waals surface area contributed by atoms with Gasteiger partial charge >= 0.3 is 0 Å². The molecule has 50 heavy (non-hydrogen) atoms. The Kier molecular flexibility index (Phi) is 3.65. The van der Waals surface area contributed by atoms with E-state index in [1.54, 1.807) is 24.3 Å². The Morgan fingerprint density at radius 3 is 1.70 bits per heavy atom. The van der Waals surface area contributed by atoms with Crippen LogP contribution in [-0.4, -0.2) is 15.0 Å². The summed E-state index contributed by atoms with van der Waals surface area (Å²) in [6.45, 7) is 0. The standard InChI is InChI=1S/C45H27N3O2/c1-3-11-28(12-4-1)32-23-33(29-13-5-2-6-14-29)25-34(24-32)45-47-43(30-19-21-37-35-15-7-9-17-39(35)49-41(37)26-30)46-44(48-45)31-20-22-38-36-16-8-10-18-40(36)50-42(38)27-31/h1-27H/i1D,2D,3D,4D,5D,6D,7D,9D,11D,12D,13D,14D,15D,17D,19D,21D,26D. The van der Waals surface area contributed by atoms with Crippen LogP contribution in [-0.2, 0) is 0 Å². The molecule has 0 aliphatic heterocycles. The van der Waals surface area contributed by atoms with E-state index >= 15 is 0 Å². The molecule has 10 aromatic rings. The van der Waals surface area contributed by atoms with Gasteiger partial charge in [-0.25, -0.2) is 15.0 Å². The first-order valence-electron chi connectivity index (χ1n) is 23.7. The highest BCUT2D eigenvalue weighted by molar-refractivity contribution is 6.06. The van der Waals surface area contributed by atoms with Crippen molar-refractivity contribution in [2.24, 2.45) is 0 Å². The molecule has 0 saturated carbocycles. The molecule has 0 unspecified atom stereocenters. The van der Waals surface area contributed by atoms with Crippen molar-refractivity contribution in [2.75, 3.05) is 0 Å². The van der Waals surface area contributed by atoms with E-state index in [9.17, 15) is 2.74 Å². The molecule has 3 aromatic heterocycles. The van der Waals surface area contributed by atoms with Gasteiger partial charge < -0.3 is 8.83 Å². The van der Waals surface area contributed by atoms with Gasteiger partial charge in [-0.15, -0.1) is 0 Å². The molecule has 0 aliphatic carbocycles. The molecular weight excluding hydrogens is 615 g/mol. The van der Waals surface area contributed by atoms with Crippen molar-refractivity contribution in [1.82, 2.24) is 15.0 Å². The van der Waals surface area contributed by atoms with Crippen molar-refractivity contribution in [1.29, 1.82) is 0 Å². The minimum atomic E-state index is -0.667. The fourth-order valence-corrected chi connectivity index (χ4v) is 5.85. The van der Waals surface area contributed by atoms with Crippen LogP contribution in [0.1, 0.15) is 23.3 Å². The summed E-state index contributed by atoms with van der Waals surface area (Å²) < 4.78 is 159. The Bertz CT molecular complexity index is 3720. The molecule has 0 bridgehead atoms. The first kappa shape index (κ1) is 16.0. The molecule has 3 heterocycles. The average Bonchev–Trinajstić information content (AvgIpc) is 3.92. The molecule has 0 saturated heterocycles. The number of hydrogen-bond donors (Lipinski definition) is 0. The van der Waals surface area contributed by atoms with Gasteiger partial charge in [0.2, 0.25) is 0 Å². The van der Waals surface area contributed by atoms with Crippen LogP contribution in [0.2, 0.25) is 0 Å². The van der Waals surface area contributed by atoms with Crippen LogP contribution in [0.15, 0.2) is 172 Å². The van der Waals surface area contributed by atoms with Gasteiger partial charge in [0.15, 0.2) is 17.5 Å². The number of nitrogens with zero attached hydrogens (tertiary/aromatic N) is 3. The van der Waals surface area contributed by atoms with Crippen LogP contribution in [0.4, 0.5) is 0 Å². The van der Waals surface area contributed by atoms with Crippen molar-refractivity contribution < 1.29 is 32.1 Å². The molecule has 0 amide bonds. The van der Waals surface area contributed by atoms with Crippen LogP contribution >= 0.6 is 0 Å². The van der Waals surface area contributed by atoms with Crippen LogP contribution < -0.4 is 0 Å². The molecule has 0 atom stereocenters. The predicted molar refractivity (Wildman–Crippen MR) is 202 cm³/mol. The minimum Gasteiger partial charge on any atom is -0.456 e. The van der Waals surface area contributed by atoms with Gasteiger partial charge in [0.25, 0.3) is 0 Å². The van der Waals surface area contributed by atoms with Gasteiger partial charge in [-0.05, 0) is 76.8 Å². The van der Waals surface area contributed by atoms with Crippen molar-refractivity contribution >= 4 is 43.9 Å². The lowest BCUT2D eigenvalue weighted by atomic mass is 9.96. The smallest absolute Gasteiger partial charge is 0.164 e. The van der Waals surface area contributed by atoms with Gasteiger partial charge in [-0.1, -0.05) is 109 Å². The molecule has 7 aromatic carbocycles. The van der Waals surface area contributed by atoms with Crippen LogP contribution in [0, 0.1) is 0 Å². The summed E-state index contributed by atoms with van der Waals surface area (Å²) in [5.41, 5.74) is -0.378.